The van der Waals surface area contributed by atoms with Crippen LogP contribution in [0.5, 0.6) is 5.75 Å². The molecule has 0 heterocycles. The summed E-state index contributed by atoms with van der Waals surface area (Å²) in [5.41, 5.74) is 2.84. The third-order valence-electron chi connectivity index (χ3n) is 5.23. The number of likely N-dealkylation sites (N-methyl/N-ethyl adjacent to an activating group) is 1. The molecule has 0 aliphatic heterocycles. The van der Waals surface area contributed by atoms with Crippen molar-refractivity contribution < 1.29 is 14.3 Å². The zero-order chi connectivity index (χ0) is 22.1. The van der Waals surface area contributed by atoms with E-state index in [1.165, 1.54) is 0 Å². The molecule has 0 saturated carbocycles. The van der Waals surface area contributed by atoms with Crippen molar-refractivity contribution in [3.63, 3.8) is 0 Å². The van der Waals surface area contributed by atoms with Gasteiger partial charge in [0.05, 0.1) is 13.7 Å². The number of benzene rings is 3. The first-order chi connectivity index (χ1) is 15.1. The summed E-state index contributed by atoms with van der Waals surface area (Å²) < 4.78 is 5.13. The molecule has 0 fully saturated rings. The Kier molecular flexibility index (Phi) is 7.82. The van der Waals surface area contributed by atoms with Gasteiger partial charge in [-0.25, -0.2) is 0 Å². The number of carbonyl (C=O) groups is 2. The van der Waals surface area contributed by atoms with E-state index in [0.29, 0.717) is 18.7 Å². The van der Waals surface area contributed by atoms with E-state index in [1.807, 2.05) is 67.6 Å². The maximum Gasteiger partial charge on any atom is 0.243 e. The number of hydrogen-bond donors (Lipinski definition) is 1. The molecule has 1 N–H and O–H groups in total. The van der Waals surface area contributed by atoms with Gasteiger partial charge in [-0.1, -0.05) is 60.7 Å². The number of hydrogen-bond acceptors (Lipinski definition) is 3. The quantitative estimate of drug-likeness (QED) is 0.550. The van der Waals surface area contributed by atoms with Gasteiger partial charge < -0.3 is 15.0 Å². The number of anilines is 1. The molecule has 0 aliphatic carbocycles. The van der Waals surface area contributed by atoms with Gasteiger partial charge in [-0.05, 0) is 42.3 Å². The summed E-state index contributed by atoms with van der Waals surface area (Å²) in [7, 11) is 1.59. The van der Waals surface area contributed by atoms with Crippen molar-refractivity contribution in [1.82, 2.24) is 4.90 Å². The number of rotatable bonds is 9. The summed E-state index contributed by atoms with van der Waals surface area (Å²) in [6.07, 6.45) is 0.303. The lowest BCUT2D eigenvalue weighted by Gasteiger charge is -2.24. The first kappa shape index (κ1) is 22.1. The lowest BCUT2D eigenvalue weighted by atomic mass is 9.88. The smallest absolute Gasteiger partial charge is 0.243 e. The van der Waals surface area contributed by atoms with Crippen LogP contribution in [0.15, 0.2) is 84.9 Å². The van der Waals surface area contributed by atoms with Crippen molar-refractivity contribution in [2.45, 2.75) is 19.3 Å². The highest BCUT2D eigenvalue weighted by molar-refractivity contribution is 5.94. The van der Waals surface area contributed by atoms with Crippen molar-refractivity contribution in [3.05, 3.63) is 96.1 Å². The van der Waals surface area contributed by atoms with Gasteiger partial charge in [0, 0.05) is 24.6 Å². The standard InChI is InChI=1S/C26H28N2O3/c1-3-28(19-25(29)27-22-14-16-23(31-2)17-15-22)26(30)18-24(20-10-6-4-7-11-20)21-12-8-5-9-13-21/h4-17,24H,3,18-19H2,1-2H3,(H,27,29). The van der Waals surface area contributed by atoms with Crippen molar-refractivity contribution in [3.8, 4) is 5.75 Å². The molecule has 0 bridgehead atoms. The number of nitrogens with zero attached hydrogens (tertiary/aromatic N) is 1. The summed E-state index contributed by atoms with van der Waals surface area (Å²) in [6, 6.07) is 27.1. The second-order valence-electron chi connectivity index (χ2n) is 7.26. The van der Waals surface area contributed by atoms with Gasteiger partial charge in [0.25, 0.3) is 0 Å². The van der Waals surface area contributed by atoms with Gasteiger partial charge in [0.15, 0.2) is 0 Å². The van der Waals surface area contributed by atoms with Gasteiger partial charge in [-0.15, -0.1) is 0 Å². The van der Waals surface area contributed by atoms with E-state index in [9.17, 15) is 9.59 Å². The molecule has 0 unspecified atom stereocenters. The molecule has 0 aromatic heterocycles. The molecule has 0 atom stereocenters. The first-order valence-electron chi connectivity index (χ1n) is 10.4. The van der Waals surface area contributed by atoms with Gasteiger partial charge in [-0.3, -0.25) is 9.59 Å². The molecule has 3 aromatic carbocycles. The van der Waals surface area contributed by atoms with Gasteiger partial charge in [0.2, 0.25) is 11.8 Å². The molecule has 2 amide bonds. The van der Waals surface area contributed by atoms with Crippen LogP contribution in [0.3, 0.4) is 0 Å². The van der Waals surface area contributed by atoms with E-state index in [4.69, 9.17) is 4.74 Å². The second-order valence-corrected chi connectivity index (χ2v) is 7.26. The first-order valence-corrected chi connectivity index (χ1v) is 10.4. The normalized spacial score (nSPS) is 10.5. The van der Waals surface area contributed by atoms with E-state index in [1.54, 1.807) is 36.3 Å². The third-order valence-corrected chi connectivity index (χ3v) is 5.23. The number of amides is 2. The van der Waals surface area contributed by atoms with Crippen LogP contribution < -0.4 is 10.1 Å². The molecule has 0 spiro atoms. The van der Waals surface area contributed by atoms with Crippen LogP contribution in [-0.4, -0.2) is 36.9 Å². The van der Waals surface area contributed by atoms with Gasteiger partial charge in [-0.2, -0.15) is 0 Å². The Hall–Kier alpha value is -3.60. The Morgan fingerprint density at radius 1 is 0.871 bits per heavy atom. The molecular weight excluding hydrogens is 388 g/mol. The lowest BCUT2D eigenvalue weighted by molar-refractivity contribution is -0.134. The fourth-order valence-corrected chi connectivity index (χ4v) is 3.53. The van der Waals surface area contributed by atoms with E-state index in [0.717, 1.165) is 16.9 Å². The lowest BCUT2D eigenvalue weighted by Crippen LogP contribution is -2.38. The molecule has 0 aliphatic rings. The molecule has 0 saturated heterocycles. The molecule has 3 aromatic rings. The fourth-order valence-electron chi connectivity index (χ4n) is 3.53. The minimum Gasteiger partial charge on any atom is -0.497 e. The molecule has 31 heavy (non-hydrogen) atoms. The van der Waals surface area contributed by atoms with Crippen LogP contribution in [0.4, 0.5) is 5.69 Å². The Labute approximate surface area is 183 Å². The van der Waals surface area contributed by atoms with E-state index < -0.39 is 0 Å². The highest BCUT2D eigenvalue weighted by Crippen LogP contribution is 2.28. The van der Waals surface area contributed by atoms with Crippen LogP contribution in [0.1, 0.15) is 30.4 Å². The predicted octanol–water partition coefficient (Wildman–Crippen LogP) is 4.70. The number of nitrogens with one attached hydrogen (secondary N) is 1. The number of methoxy groups -OCH3 is 1. The third kappa shape index (κ3) is 6.19. The molecular formula is C26H28N2O3. The van der Waals surface area contributed by atoms with Crippen LogP contribution in [-0.2, 0) is 9.59 Å². The minimum atomic E-state index is -0.226. The highest BCUT2D eigenvalue weighted by atomic mass is 16.5. The van der Waals surface area contributed by atoms with Crippen molar-refractivity contribution in [2.24, 2.45) is 0 Å². The van der Waals surface area contributed by atoms with Crippen molar-refractivity contribution in [2.75, 3.05) is 25.5 Å². The molecule has 5 heteroatoms. The summed E-state index contributed by atoms with van der Waals surface area (Å²) in [4.78, 5) is 27.3. The van der Waals surface area contributed by atoms with Crippen molar-refractivity contribution >= 4 is 17.5 Å². The zero-order valence-electron chi connectivity index (χ0n) is 18.0. The van der Waals surface area contributed by atoms with Crippen LogP contribution in [0.2, 0.25) is 0 Å². The fraction of sp³-hybridized carbons (Fsp3) is 0.231. The maximum absolute atomic E-state index is 13.1. The van der Waals surface area contributed by atoms with Gasteiger partial charge in [0.1, 0.15) is 5.75 Å². The Bertz CT molecular complexity index is 933. The van der Waals surface area contributed by atoms with Crippen LogP contribution >= 0.6 is 0 Å². The highest BCUT2D eigenvalue weighted by Gasteiger charge is 2.22. The second kappa shape index (κ2) is 11.0. The van der Waals surface area contributed by atoms with Gasteiger partial charge >= 0.3 is 0 Å². The Balaban J connectivity index is 1.68. The SMILES string of the molecule is CCN(CC(=O)Nc1ccc(OC)cc1)C(=O)CC(c1ccccc1)c1ccccc1. The largest absolute Gasteiger partial charge is 0.497 e. The maximum atomic E-state index is 13.1. The molecule has 0 radical (unpaired) electrons. The molecule has 5 nitrogen and oxygen atoms in total. The topological polar surface area (TPSA) is 58.6 Å². The number of ether oxygens (including phenoxy) is 1. The summed E-state index contributed by atoms with van der Waals surface area (Å²) in [5, 5.41) is 2.84. The van der Waals surface area contributed by atoms with E-state index in [2.05, 4.69) is 5.32 Å². The zero-order valence-corrected chi connectivity index (χ0v) is 18.0. The monoisotopic (exact) mass is 416 g/mol. The Morgan fingerprint density at radius 2 is 1.42 bits per heavy atom. The van der Waals surface area contributed by atoms with E-state index >= 15 is 0 Å². The number of carbonyl (C=O) groups excluding carboxylic acids is 2. The van der Waals surface area contributed by atoms with E-state index in [-0.39, 0.29) is 24.3 Å². The van der Waals surface area contributed by atoms with Crippen LogP contribution in [0.25, 0.3) is 0 Å². The van der Waals surface area contributed by atoms with Crippen LogP contribution in [0, 0.1) is 0 Å². The average molecular weight is 417 g/mol. The average Bonchev–Trinajstić information content (AvgIpc) is 2.82. The summed E-state index contributed by atoms with van der Waals surface area (Å²) in [6.45, 7) is 2.36. The predicted molar refractivity (Wildman–Crippen MR) is 123 cm³/mol. The Morgan fingerprint density at radius 3 is 1.90 bits per heavy atom. The summed E-state index contributed by atoms with van der Waals surface area (Å²) >= 11 is 0. The summed E-state index contributed by atoms with van der Waals surface area (Å²) in [5.74, 6) is 0.381. The molecule has 3 rings (SSSR count). The minimum absolute atomic E-state index is 0.0116. The van der Waals surface area contributed by atoms with Crippen molar-refractivity contribution in [1.29, 1.82) is 0 Å². The molecule has 160 valence electrons.